The third-order valence-electron chi connectivity index (χ3n) is 5.98. The van der Waals surface area contributed by atoms with Crippen molar-refractivity contribution in [1.82, 2.24) is 15.5 Å². The molecule has 0 spiro atoms. The molecule has 2 amide bonds. The highest BCUT2D eigenvalue weighted by molar-refractivity contribution is 5.85. The number of nitrogens with zero attached hydrogens (tertiary/aromatic N) is 1. The van der Waals surface area contributed by atoms with E-state index < -0.39 is 36.7 Å². The van der Waals surface area contributed by atoms with Crippen LogP contribution in [-0.2, 0) is 9.47 Å². The highest BCUT2D eigenvalue weighted by Crippen LogP contribution is 2.36. The number of ether oxygens (including phenoxy) is 2. The van der Waals surface area contributed by atoms with Gasteiger partial charge in [-0.15, -0.1) is 24.8 Å². The van der Waals surface area contributed by atoms with Gasteiger partial charge in [0.2, 0.25) is 0 Å². The number of nitrogens with two attached hydrogens (primary N) is 1. The van der Waals surface area contributed by atoms with Crippen molar-refractivity contribution in [3.63, 3.8) is 0 Å². The Morgan fingerprint density at radius 3 is 1.55 bits per heavy atom. The summed E-state index contributed by atoms with van der Waals surface area (Å²) in [4.78, 5) is 26.9. The van der Waals surface area contributed by atoms with E-state index in [2.05, 4.69) is 24.5 Å². The molecule has 214 valence electrons. The van der Waals surface area contributed by atoms with Gasteiger partial charge in [-0.1, -0.05) is 87.4 Å². The van der Waals surface area contributed by atoms with Crippen LogP contribution in [0.1, 0.15) is 76.6 Å². The topological polar surface area (TPSA) is 106 Å². The molecule has 0 fully saturated rings. The van der Waals surface area contributed by atoms with Gasteiger partial charge in [-0.05, 0) is 37.8 Å². The van der Waals surface area contributed by atoms with Crippen molar-refractivity contribution in [2.24, 2.45) is 5.73 Å². The molecule has 0 aliphatic carbocycles. The molecule has 0 bridgehead atoms. The molecule has 0 aliphatic rings. The summed E-state index contributed by atoms with van der Waals surface area (Å²) < 4.78 is 11.5. The van der Waals surface area contributed by atoms with E-state index in [-0.39, 0.29) is 24.8 Å². The lowest BCUT2D eigenvalue weighted by atomic mass is 9.92. The van der Waals surface area contributed by atoms with Gasteiger partial charge in [0.15, 0.2) is 12.5 Å². The number of unbranched alkanes of at least 4 members (excludes halogenated alkanes) is 2. The Hall–Kier alpha value is -2.52. The Morgan fingerprint density at radius 2 is 1.16 bits per heavy atom. The van der Waals surface area contributed by atoms with E-state index in [1.54, 1.807) is 13.8 Å². The summed E-state index contributed by atoms with van der Waals surface area (Å²) >= 11 is 0. The fourth-order valence-corrected chi connectivity index (χ4v) is 4.07. The predicted molar refractivity (Wildman–Crippen MR) is 157 cm³/mol. The van der Waals surface area contributed by atoms with E-state index in [9.17, 15) is 9.59 Å². The molecule has 0 aliphatic heterocycles. The molecule has 0 heterocycles. The SMILES string of the molecule is CCCCNC(=O)OC(C)N(C(C)OC(=O)NCCCC)C(c1ccccc1)C(N)c1ccccc1.Cl.Cl. The minimum Gasteiger partial charge on any atom is -0.430 e. The number of hydrogen-bond acceptors (Lipinski definition) is 6. The van der Waals surface area contributed by atoms with Gasteiger partial charge in [-0.2, -0.15) is 0 Å². The zero-order valence-corrected chi connectivity index (χ0v) is 24.4. The molecule has 2 aromatic rings. The van der Waals surface area contributed by atoms with Crippen LogP contribution in [-0.4, -0.2) is 42.6 Å². The molecule has 10 heteroatoms. The summed E-state index contributed by atoms with van der Waals surface area (Å²) in [7, 11) is 0. The standard InChI is InChI=1S/C28H42N4O4.2ClH/c1-5-7-19-30-27(33)35-21(3)32(22(4)36-28(34)31-20-8-6-2)26(24-17-13-10-14-18-24)25(29)23-15-11-9-12-16-23;;/h9-18,21-22,25-26H,5-8,19-20,29H2,1-4H3,(H,30,33)(H,31,34);2*1H. The van der Waals surface area contributed by atoms with Gasteiger partial charge in [0.1, 0.15) is 0 Å². The number of amides is 2. The first-order valence-electron chi connectivity index (χ1n) is 12.9. The second-order valence-electron chi connectivity index (χ2n) is 8.81. The number of alkyl carbamates (subject to hydrolysis) is 2. The largest absolute Gasteiger partial charge is 0.430 e. The van der Waals surface area contributed by atoms with Crippen LogP contribution in [0.4, 0.5) is 9.59 Å². The fraction of sp³-hybridized carbons (Fsp3) is 0.500. The molecule has 2 rings (SSSR count). The molecule has 0 saturated carbocycles. The Labute approximate surface area is 239 Å². The first kappa shape index (κ1) is 35.5. The highest BCUT2D eigenvalue weighted by Gasteiger charge is 2.37. The third kappa shape index (κ3) is 11.5. The highest BCUT2D eigenvalue weighted by atomic mass is 35.5. The number of benzene rings is 2. The molecule has 4 N–H and O–H groups in total. The number of hydrogen-bond donors (Lipinski definition) is 3. The molecule has 38 heavy (non-hydrogen) atoms. The summed E-state index contributed by atoms with van der Waals surface area (Å²) in [5.41, 5.74) is 8.68. The Balaban J connectivity index is 0.00000684. The third-order valence-corrected chi connectivity index (χ3v) is 5.98. The van der Waals surface area contributed by atoms with E-state index >= 15 is 0 Å². The van der Waals surface area contributed by atoms with Crippen molar-refractivity contribution in [2.75, 3.05) is 13.1 Å². The van der Waals surface area contributed by atoms with Gasteiger partial charge >= 0.3 is 12.2 Å². The van der Waals surface area contributed by atoms with Crippen molar-refractivity contribution in [3.05, 3.63) is 71.8 Å². The van der Waals surface area contributed by atoms with Crippen molar-refractivity contribution in [2.45, 2.75) is 77.9 Å². The van der Waals surface area contributed by atoms with Crippen LogP contribution < -0.4 is 16.4 Å². The number of nitrogens with one attached hydrogen (secondary N) is 2. The van der Waals surface area contributed by atoms with Crippen molar-refractivity contribution >= 4 is 37.0 Å². The molecular weight excluding hydrogens is 527 g/mol. The zero-order valence-electron chi connectivity index (χ0n) is 22.8. The molecule has 0 radical (unpaired) electrons. The maximum Gasteiger partial charge on any atom is 0.408 e. The van der Waals surface area contributed by atoms with Gasteiger partial charge in [-0.25, -0.2) is 14.5 Å². The van der Waals surface area contributed by atoms with E-state index in [1.165, 1.54) is 0 Å². The minimum absolute atomic E-state index is 0. The van der Waals surface area contributed by atoms with Gasteiger partial charge < -0.3 is 25.8 Å². The maximum absolute atomic E-state index is 12.5. The average Bonchev–Trinajstić information content (AvgIpc) is 2.88. The van der Waals surface area contributed by atoms with Crippen LogP contribution >= 0.6 is 24.8 Å². The van der Waals surface area contributed by atoms with Crippen LogP contribution in [0.3, 0.4) is 0 Å². The maximum atomic E-state index is 12.5. The molecule has 0 saturated heterocycles. The number of carbonyl (C=O) groups is 2. The smallest absolute Gasteiger partial charge is 0.408 e. The lowest BCUT2D eigenvalue weighted by Gasteiger charge is -2.42. The lowest BCUT2D eigenvalue weighted by molar-refractivity contribution is -0.120. The normalized spacial score (nSPS) is 13.6. The molecular formula is C28H44Cl2N4O4. The Kier molecular flexibility index (Phi) is 18.2. The Bertz CT molecular complexity index is 878. The molecule has 4 unspecified atom stereocenters. The average molecular weight is 572 g/mol. The summed E-state index contributed by atoms with van der Waals surface area (Å²) in [6, 6.07) is 18.5. The van der Waals surface area contributed by atoms with Crippen LogP contribution in [0.15, 0.2) is 60.7 Å². The minimum atomic E-state index is -0.745. The second kappa shape index (κ2) is 19.5. The van der Waals surface area contributed by atoms with E-state index in [0.29, 0.717) is 13.1 Å². The summed E-state index contributed by atoms with van der Waals surface area (Å²) in [6.07, 6.45) is 1.09. The van der Waals surface area contributed by atoms with Crippen LogP contribution in [0, 0.1) is 0 Å². The van der Waals surface area contributed by atoms with Gasteiger partial charge in [0, 0.05) is 19.1 Å². The number of halogens is 2. The van der Waals surface area contributed by atoms with Gasteiger partial charge in [-0.3, -0.25) is 0 Å². The van der Waals surface area contributed by atoms with E-state index in [0.717, 1.165) is 36.8 Å². The molecule has 2 aromatic carbocycles. The van der Waals surface area contributed by atoms with Crippen molar-refractivity contribution in [1.29, 1.82) is 0 Å². The quantitative estimate of drug-likeness (QED) is 0.181. The molecule has 4 atom stereocenters. The van der Waals surface area contributed by atoms with Gasteiger partial charge in [0.05, 0.1) is 6.04 Å². The van der Waals surface area contributed by atoms with Crippen LogP contribution in [0.5, 0.6) is 0 Å². The van der Waals surface area contributed by atoms with E-state index in [1.807, 2.05) is 65.6 Å². The monoisotopic (exact) mass is 570 g/mol. The first-order valence-corrected chi connectivity index (χ1v) is 12.9. The van der Waals surface area contributed by atoms with Crippen molar-refractivity contribution in [3.8, 4) is 0 Å². The first-order chi connectivity index (χ1) is 17.4. The number of rotatable bonds is 14. The zero-order chi connectivity index (χ0) is 26.3. The predicted octanol–water partition coefficient (Wildman–Crippen LogP) is 6.32. The molecule has 0 aromatic heterocycles. The van der Waals surface area contributed by atoms with Crippen molar-refractivity contribution < 1.29 is 19.1 Å². The van der Waals surface area contributed by atoms with Crippen LogP contribution in [0.25, 0.3) is 0 Å². The fourth-order valence-electron chi connectivity index (χ4n) is 4.07. The summed E-state index contributed by atoms with van der Waals surface area (Å²) in [6.45, 7) is 8.69. The van der Waals surface area contributed by atoms with Crippen LogP contribution in [0.2, 0.25) is 0 Å². The van der Waals surface area contributed by atoms with Gasteiger partial charge in [0.25, 0.3) is 0 Å². The Morgan fingerprint density at radius 1 is 0.763 bits per heavy atom. The number of carbonyl (C=O) groups excluding carboxylic acids is 2. The lowest BCUT2D eigenvalue weighted by Crippen LogP contribution is -2.51. The second-order valence-corrected chi connectivity index (χ2v) is 8.81. The summed E-state index contributed by atoms with van der Waals surface area (Å²) in [5.74, 6) is 0. The summed E-state index contributed by atoms with van der Waals surface area (Å²) in [5, 5.41) is 5.57. The van der Waals surface area contributed by atoms with E-state index in [4.69, 9.17) is 15.2 Å². The molecule has 8 nitrogen and oxygen atoms in total.